The molecule has 34 heavy (non-hydrogen) atoms. The first-order chi connectivity index (χ1) is 16.6. The van der Waals surface area contributed by atoms with Gasteiger partial charge in [-0.15, -0.1) is 0 Å². The number of aliphatic hydroxyl groups is 1. The molecule has 0 bridgehead atoms. The van der Waals surface area contributed by atoms with Crippen molar-refractivity contribution in [2.45, 2.75) is 31.5 Å². The zero-order valence-electron chi connectivity index (χ0n) is 19.2. The number of aliphatic hydroxyl groups excluding tert-OH is 1. The number of nitrogens with zero attached hydrogens (tertiary/aromatic N) is 3. The number of hydrogen-bond acceptors (Lipinski definition) is 8. The van der Waals surface area contributed by atoms with E-state index in [1.165, 1.54) is 6.20 Å². The molecule has 0 radical (unpaired) electrons. The topological polar surface area (TPSA) is 89.0 Å². The van der Waals surface area contributed by atoms with E-state index in [4.69, 9.17) is 14.2 Å². The number of hydrogen-bond donors (Lipinski definition) is 2. The van der Waals surface area contributed by atoms with Crippen molar-refractivity contribution in [3.05, 3.63) is 53.7 Å². The summed E-state index contributed by atoms with van der Waals surface area (Å²) in [4.78, 5) is 10.8. The SMILES string of the molecule is COc1ccc2ncc(F)c(CCN3CC[C@@H](NCc4cc5c(cn4)OCCO5)[C@H](O)C3)c2c1. The smallest absolute Gasteiger partial charge is 0.179 e. The number of halogens is 1. The average Bonchev–Trinajstić information content (AvgIpc) is 2.87. The molecule has 2 atom stereocenters. The number of rotatable bonds is 7. The minimum Gasteiger partial charge on any atom is -0.497 e. The van der Waals surface area contributed by atoms with E-state index < -0.39 is 6.10 Å². The van der Waals surface area contributed by atoms with Gasteiger partial charge in [-0.25, -0.2) is 4.39 Å². The minimum absolute atomic E-state index is 0.0333. The van der Waals surface area contributed by atoms with Gasteiger partial charge >= 0.3 is 0 Å². The van der Waals surface area contributed by atoms with Gasteiger partial charge in [0.2, 0.25) is 0 Å². The lowest BCUT2D eigenvalue weighted by molar-refractivity contribution is 0.0402. The molecule has 2 aliphatic heterocycles. The Balaban J connectivity index is 1.16. The van der Waals surface area contributed by atoms with E-state index in [1.54, 1.807) is 13.3 Å². The summed E-state index contributed by atoms with van der Waals surface area (Å²) in [7, 11) is 1.59. The molecule has 1 saturated heterocycles. The number of methoxy groups -OCH3 is 1. The predicted octanol–water partition coefficient (Wildman–Crippen LogP) is 2.32. The van der Waals surface area contributed by atoms with Crippen molar-refractivity contribution in [1.29, 1.82) is 0 Å². The van der Waals surface area contributed by atoms with Crippen LogP contribution in [0.2, 0.25) is 0 Å². The number of benzene rings is 1. The third-order valence-corrected chi connectivity index (χ3v) is 6.51. The fourth-order valence-corrected chi connectivity index (χ4v) is 4.61. The van der Waals surface area contributed by atoms with Crippen LogP contribution in [0.3, 0.4) is 0 Å². The monoisotopic (exact) mass is 468 g/mol. The first kappa shape index (κ1) is 22.8. The summed E-state index contributed by atoms with van der Waals surface area (Å²) in [5, 5.41) is 14.9. The van der Waals surface area contributed by atoms with Gasteiger partial charge in [0, 0.05) is 42.7 Å². The largest absolute Gasteiger partial charge is 0.497 e. The quantitative estimate of drug-likeness (QED) is 0.546. The summed E-state index contributed by atoms with van der Waals surface area (Å²) in [6, 6.07) is 7.35. The Morgan fingerprint density at radius 2 is 2.03 bits per heavy atom. The summed E-state index contributed by atoms with van der Waals surface area (Å²) >= 11 is 0. The van der Waals surface area contributed by atoms with Crippen molar-refractivity contribution >= 4 is 10.9 Å². The van der Waals surface area contributed by atoms with Crippen molar-refractivity contribution < 1.29 is 23.7 Å². The first-order valence-corrected chi connectivity index (χ1v) is 11.6. The van der Waals surface area contributed by atoms with Crippen molar-refractivity contribution in [3.8, 4) is 17.2 Å². The molecule has 0 aliphatic carbocycles. The predicted molar refractivity (Wildman–Crippen MR) is 125 cm³/mol. The number of aromatic nitrogens is 2. The molecule has 2 aliphatic rings. The maximum Gasteiger partial charge on any atom is 0.179 e. The van der Waals surface area contributed by atoms with Crippen molar-refractivity contribution in [2.24, 2.45) is 0 Å². The molecular formula is C25H29FN4O4. The number of likely N-dealkylation sites (tertiary alicyclic amines) is 1. The van der Waals surface area contributed by atoms with Crippen LogP contribution in [0.5, 0.6) is 17.2 Å². The Hall–Kier alpha value is -3.01. The van der Waals surface area contributed by atoms with Gasteiger partial charge in [0.05, 0.1) is 36.8 Å². The van der Waals surface area contributed by atoms with Crippen LogP contribution in [0.4, 0.5) is 4.39 Å². The molecule has 3 aromatic rings. The summed E-state index contributed by atoms with van der Waals surface area (Å²) in [5.74, 6) is 1.74. The third kappa shape index (κ3) is 4.91. The van der Waals surface area contributed by atoms with Gasteiger partial charge in [-0.3, -0.25) is 9.97 Å². The van der Waals surface area contributed by atoms with Gasteiger partial charge < -0.3 is 29.5 Å². The molecular weight excluding hydrogens is 439 g/mol. The second-order valence-corrected chi connectivity index (χ2v) is 8.68. The molecule has 2 aromatic heterocycles. The number of nitrogens with one attached hydrogen (secondary N) is 1. The van der Waals surface area contributed by atoms with E-state index in [0.29, 0.717) is 62.1 Å². The highest BCUT2D eigenvalue weighted by atomic mass is 19.1. The van der Waals surface area contributed by atoms with E-state index in [-0.39, 0.29) is 11.9 Å². The maximum atomic E-state index is 14.6. The second kappa shape index (κ2) is 10.1. The third-order valence-electron chi connectivity index (χ3n) is 6.51. The molecule has 8 nitrogen and oxygen atoms in total. The highest BCUT2D eigenvalue weighted by Gasteiger charge is 2.27. The minimum atomic E-state index is -0.523. The number of ether oxygens (including phenoxy) is 3. The first-order valence-electron chi connectivity index (χ1n) is 11.6. The summed E-state index contributed by atoms with van der Waals surface area (Å²) < 4.78 is 31.0. The Morgan fingerprint density at radius 1 is 1.18 bits per heavy atom. The van der Waals surface area contributed by atoms with Gasteiger partial charge in [-0.2, -0.15) is 0 Å². The molecule has 1 aromatic carbocycles. The second-order valence-electron chi connectivity index (χ2n) is 8.68. The van der Waals surface area contributed by atoms with Crippen LogP contribution < -0.4 is 19.5 Å². The molecule has 2 N–H and O–H groups in total. The lowest BCUT2D eigenvalue weighted by atomic mass is 10.00. The zero-order chi connectivity index (χ0) is 23.5. The molecule has 0 amide bonds. The lowest BCUT2D eigenvalue weighted by Crippen LogP contribution is -2.52. The highest BCUT2D eigenvalue weighted by Crippen LogP contribution is 2.29. The Morgan fingerprint density at radius 3 is 2.85 bits per heavy atom. The summed E-state index contributed by atoms with van der Waals surface area (Å²) in [6.45, 7) is 3.61. The fraction of sp³-hybridized carbons (Fsp3) is 0.440. The van der Waals surface area contributed by atoms with Crippen LogP contribution in [-0.2, 0) is 13.0 Å². The van der Waals surface area contributed by atoms with Crippen molar-refractivity contribution in [2.75, 3.05) is 40.0 Å². The van der Waals surface area contributed by atoms with Crippen LogP contribution in [-0.4, -0.2) is 72.1 Å². The lowest BCUT2D eigenvalue weighted by Gasteiger charge is -2.36. The molecule has 9 heteroatoms. The number of fused-ring (bicyclic) bond motifs is 2. The number of piperidine rings is 1. The summed E-state index contributed by atoms with van der Waals surface area (Å²) in [5.41, 5.74) is 2.21. The van der Waals surface area contributed by atoms with Crippen molar-refractivity contribution in [1.82, 2.24) is 20.2 Å². The fourth-order valence-electron chi connectivity index (χ4n) is 4.61. The Labute approximate surface area is 197 Å². The number of pyridine rings is 2. The van der Waals surface area contributed by atoms with Crippen LogP contribution in [0.15, 0.2) is 36.7 Å². The highest BCUT2D eigenvalue weighted by molar-refractivity contribution is 5.83. The molecule has 5 rings (SSSR count). The van der Waals surface area contributed by atoms with E-state index in [2.05, 4.69) is 20.2 Å². The van der Waals surface area contributed by atoms with Crippen molar-refractivity contribution in [3.63, 3.8) is 0 Å². The molecule has 0 unspecified atom stereocenters. The molecule has 180 valence electrons. The van der Waals surface area contributed by atoms with E-state index in [0.717, 1.165) is 29.6 Å². The van der Waals surface area contributed by atoms with Gasteiger partial charge in [-0.05, 0) is 37.6 Å². The molecule has 4 heterocycles. The van der Waals surface area contributed by atoms with Crippen LogP contribution in [0.25, 0.3) is 10.9 Å². The van der Waals surface area contributed by atoms with Crippen LogP contribution >= 0.6 is 0 Å². The molecule has 0 spiro atoms. The Bertz CT molecular complexity index is 1160. The van der Waals surface area contributed by atoms with E-state index in [1.807, 2.05) is 24.3 Å². The van der Waals surface area contributed by atoms with Crippen LogP contribution in [0, 0.1) is 5.82 Å². The van der Waals surface area contributed by atoms with E-state index >= 15 is 0 Å². The van der Waals surface area contributed by atoms with Gasteiger partial charge in [-0.1, -0.05) is 0 Å². The zero-order valence-corrected chi connectivity index (χ0v) is 19.2. The normalized spacial score (nSPS) is 20.4. The molecule has 0 saturated carbocycles. The standard InChI is InChI=1S/C25H29FN4O4/c1-32-17-2-3-21-19(11-17)18(20(26)13-29-21)4-6-30-7-5-22(23(31)15-30)28-12-16-10-24-25(14-27-16)34-9-8-33-24/h2-3,10-11,13-14,22-23,28,31H,4-9,12,15H2,1H3/t22-,23-/m1/s1. The summed E-state index contributed by atoms with van der Waals surface area (Å²) in [6.07, 6.45) is 3.76. The molecule has 1 fully saturated rings. The van der Waals surface area contributed by atoms with Gasteiger partial charge in [0.1, 0.15) is 24.8 Å². The average molecular weight is 469 g/mol. The van der Waals surface area contributed by atoms with E-state index in [9.17, 15) is 9.50 Å². The van der Waals surface area contributed by atoms with Gasteiger partial charge in [0.15, 0.2) is 11.5 Å². The van der Waals surface area contributed by atoms with Gasteiger partial charge in [0.25, 0.3) is 0 Å². The number of β-amino-alcohol motifs (C(OH)–C–C–N with tert-alkyl or cyclic N) is 1. The maximum absolute atomic E-state index is 14.6. The van der Waals surface area contributed by atoms with Crippen LogP contribution in [0.1, 0.15) is 17.7 Å². The Kier molecular flexibility index (Phi) is 6.75.